The molecule has 0 aliphatic heterocycles. The van der Waals surface area contributed by atoms with Crippen molar-refractivity contribution in [3.05, 3.63) is 22.7 Å². The second kappa shape index (κ2) is 4.15. The van der Waals surface area contributed by atoms with Gasteiger partial charge in [0.15, 0.2) is 6.19 Å². The quantitative estimate of drug-likeness (QED) is 0.589. The molecule has 0 bridgehead atoms. The van der Waals surface area contributed by atoms with Gasteiger partial charge in [0.1, 0.15) is 5.75 Å². The summed E-state index contributed by atoms with van der Waals surface area (Å²) in [6.07, 6.45) is 2.02. The summed E-state index contributed by atoms with van der Waals surface area (Å²) in [6, 6.07) is 5.47. The summed E-state index contributed by atoms with van der Waals surface area (Å²) in [7, 11) is 3.31. The fraction of sp³-hybridized carbons (Fsp3) is 0.222. The lowest BCUT2D eigenvalue weighted by Gasteiger charge is -2.10. The van der Waals surface area contributed by atoms with E-state index >= 15 is 0 Å². The Morgan fingerprint density at radius 2 is 2.23 bits per heavy atom. The van der Waals surface area contributed by atoms with Crippen LogP contribution in [0, 0.1) is 11.5 Å². The van der Waals surface area contributed by atoms with Gasteiger partial charge >= 0.3 is 0 Å². The monoisotopic (exact) mass is 240 g/mol. The van der Waals surface area contributed by atoms with Crippen molar-refractivity contribution >= 4 is 21.6 Å². The van der Waals surface area contributed by atoms with Gasteiger partial charge in [-0.3, -0.25) is 4.90 Å². The highest BCUT2D eigenvalue weighted by atomic mass is 79.9. The van der Waals surface area contributed by atoms with Crippen molar-refractivity contribution in [2.24, 2.45) is 0 Å². The minimum absolute atomic E-state index is 0.759. The van der Waals surface area contributed by atoms with Crippen LogP contribution in [0.3, 0.4) is 0 Å². The van der Waals surface area contributed by atoms with Crippen molar-refractivity contribution in [3.63, 3.8) is 0 Å². The number of methoxy groups -OCH3 is 1. The largest absolute Gasteiger partial charge is 0.496 e. The van der Waals surface area contributed by atoms with Crippen molar-refractivity contribution < 1.29 is 4.74 Å². The average molecular weight is 241 g/mol. The molecule has 68 valence electrons. The van der Waals surface area contributed by atoms with E-state index in [9.17, 15) is 0 Å². The number of nitrogens with zero attached hydrogens (tertiary/aromatic N) is 2. The third-order valence-electron chi connectivity index (χ3n) is 1.67. The molecule has 13 heavy (non-hydrogen) atoms. The fourth-order valence-corrected chi connectivity index (χ4v) is 1.45. The van der Waals surface area contributed by atoms with Gasteiger partial charge < -0.3 is 4.74 Å². The minimum Gasteiger partial charge on any atom is -0.496 e. The lowest BCUT2D eigenvalue weighted by atomic mass is 10.3. The molecule has 1 aromatic rings. The minimum atomic E-state index is 0.759. The molecular weight excluding hydrogens is 232 g/mol. The normalized spacial score (nSPS) is 9.08. The zero-order valence-corrected chi connectivity index (χ0v) is 9.00. The van der Waals surface area contributed by atoms with Crippen LogP contribution in [-0.4, -0.2) is 14.2 Å². The molecule has 0 aliphatic rings. The number of nitriles is 1. The highest BCUT2D eigenvalue weighted by molar-refractivity contribution is 9.10. The Kier molecular flexibility index (Phi) is 3.15. The number of hydrogen-bond donors (Lipinski definition) is 0. The standard InChI is InChI=1S/C9H9BrN2O/c1-12(6-11)7-3-4-9(13-2)8(10)5-7/h3-5H,1-2H3. The predicted molar refractivity (Wildman–Crippen MR) is 54.7 cm³/mol. The highest BCUT2D eigenvalue weighted by Gasteiger charge is 2.03. The van der Waals surface area contributed by atoms with Crippen molar-refractivity contribution in [1.29, 1.82) is 5.26 Å². The van der Waals surface area contributed by atoms with E-state index in [0.29, 0.717) is 0 Å². The van der Waals surface area contributed by atoms with E-state index in [1.807, 2.05) is 24.4 Å². The third-order valence-corrected chi connectivity index (χ3v) is 2.29. The summed E-state index contributed by atoms with van der Waals surface area (Å²) in [5.74, 6) is 0.759. The van der Waals surface area contributed by atoms with Crippen LogP contribution in [0.5, 0.6) is 5.75 Å². The van der Waals surface area contributed by atoms with E-state index < -0.39 is 0 Å². The van der Waals surface area contributed by atoms with Crippen LogP contribution in [0.2, 0.25) is 0 Å². The van der Waals surface area contributed by atoms with Crippen molar-refractivity contribution in [3.8, 4) is 11.9 Å². The van der Waals surface area contributed by atoms with Gasteiger partial charge in [0.2, 0.25) is 0 Å². The van der Waals surface area contributed by atoms with Crippen molar-refractivity contribution in [1.82, 2.24) is 0 Å². The molecule has 0 atom stereocenters. The molecule has 0 fully saturated rings. The molecular formula is C9H9BrN2O. The Hall–Kier alpha value is -1.21. The molecule has 0 N–H and O–H groups in total. The highest BCUT2D eigenvalue weighted by Crippen LogP contribution is 2.28. The molecule has 0 saturated heterocycles. The average Bonchev–Trinajstić information content (AvgIpc) is 2.16. The second-order valence-electron chi connectivity index (χ2n) is 2.48. The molecule has 0 aromatic heterocycles. The second-order valence-corrected chi connectivity index (χ2v) is 3.33. The van der Waals surface area contributed by atoms with Gasteiger partial charge in [0.25, 0.3) is 0 Å². The molecule has 0 unspecified atom stereocenters. The van der Waals surface area contributed by atoms with Crippen LogP contribution in [-0.2, 0) is 0 Å². The Morgan fingerprint density at radius 3 is 2.69 bits per heavy atom. The van der Waals surface area contributed by atoms with Gasteiger partial charge in [-0.15, -0.1) is 0 Å². The van der Waals surface area contributed by atoms with Crippen molar-refractivity contribution in [2.75, 3.05) is 19.1 Å². The molecule has 0 spiro atoms. The summed E-state index contributed by atoms with van der Waals surface area (Å²) < 4.78 is 5.91. The molecule has 1 aromatic carbocycles. The van der Waals surface area contributed by atoms with E-state index in [1.54, 1.807) is 14.2 Å². The van der Waals surface area contributed by atoms with Crippen LogP contribution >= 0.6 is 15.9 Å². The van der Waals surface area contributed by atoms with Crippen LogP contribution < -0.4 is 9.64 Å². The van der Waals surface area contributed by atoms with Crippen LogP contribution in [0.15, 0.2) is 22.7 Å². The van der Waals surface area contributed by atoms with Crippen LogP contribution in [0.1, 0.15) is 0 Å². The number of rotatable bonds is 2. The lowest BCUT2D eigenvalue weighted by Crippen LogP contribution is -2.07. The molecule has 1 rings (SSSR count). The summed E-state index contributed by atoms with van der Waals surface area (Å²) >= 11 is 3.34. The number of anilines is 1. The zero-order valence-electron chi connectivity index (χ0n) is 7.41. The van der Waals surface area contributed by atoms with E-state index in [1.165, 1.54) is 4.90 Å². The van der Waals surface area contributed by atoms with Gasteiger partial charge in [0, 0.05) is 7.05 Å². The van der Waals surface area contributed by atoms with Gasteiger partial charge in [-0.2, -0.15) is 5.26 Å². The molecule has 3 nitrogen and oxygen atoms in total. The molecule has 4 heteroatoms. The summed E-state index contributed by atoms with van der Waals surface area (Å²) in [6.45, 7) is 0. The van der Waals surface area contributed by atoms with E-state index in [0.717, 1.165) is 15.9 Å². The Morgan fingerprint density at radius 1 is 1.54 bits per heavy atom. The van der Waals surface area contributed by atoms with E-state index in [4.69, 9.17) is 10.00 Å². The van der Waals surface area contributed by atoms with Gasteiger partial charge in [-0.1, -0.05) is 0 Å². The Labute approximate surface area is 85.7 Å². The topological polar surface area (TPSA) is 36.3 Å². The fourth-order valence-electron chi connectivity index (χ4n) is 0.922. The van der Waals surface area contributed by atoms with Crippen LogP contribution in [0.25, 0.3) is 0 Å². The number of benzene rings is 1. The van der Waals surface area contributed by atoms with Gasteiger partial charge in [-0.05, 0) is 34.1 Å². The SMILES string of the molecule is COc1ccc(N(C)C#N)cc1Br. The lowest BCUT2D eigenvalue weighted by molar-refractivity contribution is 0.412. The maximum absolute atomic E-state index is 8.63. The van der Waals surface area contributed by atoms with E-state index in [2.05, 4.69) is 15.9 Å². The molecule has 0 saturated carbocycles. The Balaban J connectivity index is 3.04. The summed E-state index contributed by atoms with van der Waals surface area (Å²) in [5.41, 5.74) is 0.829. The van der Waals surface area contributed by atoms with Gasteiger partial charge in [0.05, 0.1) is 17.3 Å². The maximum Gasteiger partial charge on any atom is 0.183 e. The van der Waals surface area contributed by atoms with Gasteiger partial charge in [-0.25, -0.2) is 0 Å². The maximum atomic E-state index is 8.63. The number of hydrogen-bond acceptors (Lipinski definition) is 3. The molecule has 0 amide bonds. The first-order valence-corrected chi connectivity index (χ1v) is 4.45. The summed E-state index contributed by atoms with van der Waals surface area (Å²) in [5, 5.41) is 8.63. The Bertz CT molecular complexity index is 346. The number of ether oxygens (including phenoxy) is 1. The third kappa shape index (κ3) is 2.13. The molecule has 0 radical (unpaired) electrons. The predicted octanol–water partition coefficient (Wildman–Crippen LogP) is 2.37. The zero-order chi connectivity index (χ0) is 9.84. The van der Waals surface area contributed by atoms with E-state index in [-0.39, 0.29) is 0 Å². The first kappa shape index (κ1) is 9.87. The van der Waals surface area contributed by atoms with Crippen LogP contribution in [0.4, 0.5) is 5.69 Å². The molecule has 0 heterocycles. The first-order valence-electron chi connectivity index (χ1n) is 3.66. The number of halogens is 1. The van der Waals surface area contributed by atoms with Crippen molar-refractivity contribution in [2.45, 2.75) is 0 Å². The first-order chi connectivity index (χ1) is 6.19. The summed E-state index contributed by atoms with van der Waals surface area (Å²) in [4.78, 5) is 1.48. The molecule has 0 aliphatic carbocycles. The smallest absolute Gasteiger partial charge is 0.183 e.